The van der Waals surface area contributed by atoms with E-state index in [-0.39, 0.29) is 22.1 Å². The minimum atomic E-state index is -4.45. The van der Waals surface area contributed by atoms with Gasteiger partial charge in [-0.1, -0.05) is 47.1 Å². The molecule has 136 valence electrons. The number of halogens is 4. The molecule has 25 heavy (non-hydrogen) atoms. The van der Waals surface area contributed by atoms with Gasteiger partial charge in [0.15, 0.2) is 0 Å². The third-order valence-electron chi connectivity index (χ3n) is 5.00. The summed E-state index contributed by atoms with van der Waals surface area (Å²) in [5, 5.41) is 0.784. The van der Waals surface area contributed by atoms with Crippen molar-refractivity contribution >= 4 is 26.7 Å². The van der Waals surface area contributed by atoms with Gasteiger partial charge >= 0.3 is 6.18 Å². The molecule has 5 heteroatoms. The molecule has 0 saturated heterocycles. The largest absolute Gasteiger partial charge is 0.490 e. The second-order valence-corrected chi connectivity index (χ2v) is 8.41. The van der Waals surface area contributed by atoms with Crippen molar-refractivity contribution < 1.29 is 17.9 Å². The van der Waals surface area contributed by atoms with Crippen LogP contribution in [0, 0.1) is 5.92 Å². The van der Waals surface area contributed by atoms with Crippen LogP contribution >= 0.6 is 15.9 Å². The molecule has 1 aliphatic rings. The molecule has 0 N–H and O–H groups in total. The second-order valence-electron chi connectivity index (χ2n) is 7.03. The van der Waals surface area contributed by atoms with Gasteiger partial charge in [0, 0.05) is 4.83 Å². The van der Waals surface area contributed by atoms with E-state index in [1.807, 2.05) is 6.92 Å². The average Bonchev–Trinajstić information content (AvgIpc) is 2.55. The van der Waals surface area contributed by atoms with Gasteiger partial charge in [0.25, 0.3) is 0 Å². The third kappa shape index (κ3) is 4.13. The van der Waals surface area contributed by atoms with E-state index in [1.165, 1.54) is 6.07 Å². The van der Waals surface area contributed by atoms with Gasteiger partial charge < -0.3 is 4.74 Å². The highest BCUT2D eigenvalue weighted by Crippen LogP contribution is 2.43. The second kappa shape index (κ2) is 7.18. The van der Waals surface area contributed by atoms with Crippen molar-refractivity contribution in [1.29, 1.82) is 0 Å². The Morgan fingerprint density at radius 1 is 1.08 bits per heavy atom. The van der Waals surface area contributed by atoms with Crippen LogP contribution < -0.4 is 4.74 Å². The lowest BCUT2D eigenvalue weighted by molar-refractivity contribution is -0.138. The summed E-state index contributed by atoms with van der Waals surface area (Å²) in [5.74, 6) is 0.586. The van der Waals surface area contributed by atoms with Gasteiger partial charge in [0.1, 0.15) is 11.3 Å². The van der Waals surface area contributed by atoms with Gasteiger partial charge in [-0.15, -0.1) is 0 Å². The number of alkyl halides is 4. The molecule has 0 spiro atoms. The highest BCUT2D eigenvalue weighted by atomic mass is 79.9. The maximum absolute atomic E-state index is 13.8. The molecule has 1 fully saturated rings. The van der Waals surface area contributed by atoms with Crippen LogP contribution in [0.2, 0.25) is 0 Å². The Morgan fingerprint density at radius 2 is 1.76 bits per heavy atom. The van der Waals surface area contributed by atoms with E-state index in [0.717, 1.165) is 31.2 Å². The van der Waals surface area contributed by atoms with Crippen LogP contribution in [0.3, 0.4) is 0 Å². The lowest BCUT2D eigenvalue weighted by Crippen LogP contribution is -2.24. The normalized spacial score (nSPS) is 22.8. The van der Waals surface area contributed by atoms with Crippen molar-refractivity contribution in [1.82, 2.24) is 0 Å². The lowest BCUT2D eigenvalue weighted by Gasteiger charge is -2.28. The number of hydrogen-bond acceptors (Lipinski definition) is 1. The SMILES string of the molecule is CC1CCC(Oc2ccc3cc(C(C)Br)ccc3c2C(F)(F)F)CC1. The number of hydrogen-bond donors (Lipinski definition) is 0. The van der Waals surface area contributed by atoms with E-state index in [1.54, 1.807) is 24.3 Å². The van der Waals surface area contributed by atoms with Crippen molar-refractivity contribution in [2.45, 2.75) is 56.6 Å². The molecular weight excluding hydrogens is 393 g/mol. The first-order valence-corrected chi connectivity index (χ1v) is 9.62. The maximum atomic E-state index is 13.8. The number of benzene rings is 2. The van der Waals surface area contributed by atoms with Crippen molar-refractivity contribution in [2.24, 2.45) is 5.92 Å². The van der Waals surface area contributed by atoms with Gasteiger partial charge in [0.05, 0.1) is 6.10 Å². The summed E-state index contributed by atoms with van der Waals surface area (Å²) >= 11 is 3.46. The monoisotopic (exact) mass is 414 g/mol. The molecular formula is C20H22BrF3O. The molecule has 2 aromatic rings. The summed E-state index contributed by atoms with van der Waals surface area (Å²) in [7, 11) is 0. The zero-order valence-electron chi connectivity index (χ0n) is 14.4. The first-order chi connectivity index (χ1) is 11.8. The fraction of sp³-hybridized carbons (Fsp3) is 0.500. The van der Waals surface area contributed by atoms with Gasteiger partial charge in [0.2, 0.25) is 0 Å². The Bertz CT molecular complexity index is 746. The molecule has 0 aliphatic heterocycles. The summed E-state index contributed by atoms with van der Waals surface area (Å²) in [6.45, 7) is 4.13. The summed E-state index contributed by atoms with van der Waals surface area (Å²) in [5.41, 5.74) is 0.299. The Labute approximate surface area is 154 Å². The van der Waals surface area contributed by atoms with Gasteiger partial charge in [-0.3, -0.25) is 0 Å². The number of ether oxygens (including phenoxy) is 1. The van der Waals surface area contributed by atoms with Crippen molar-refractivity contribution in [3.05, 3.63) is 41.5 Å². The van der Waals surface area contributed by atoms with E-state index >= 15 is 0 Å². The van der Waals surface area contributed by atoms with Crippen LogP contribution in [0.1, 0.15) is 55.5 Å². The minimum absolute atomic E-state index is 0.0424. The van der Waals surface area contributed by atoms with Gasteiger partial charge in [-0.25, -0.2) is 0 Å². The Balaban J connectivity index is 2.01. The molecule has 2 aromatic carbocycles. The maximum Gasteiger partial charge on any atom is 0.420 e. The molecule has 0 bridgehead atoms. The predicted octanol–water partition coefficient (Wildman–Crippen LogP) is 7.27. The summed E-state index contributed by atoms with van der Waals surface area (Å²) in [4.78, 5) is 0.0893. The van der Waals surface area contributed by atoms with Crippen molar-refractivity contribution in [3.63, 3.8) is 0 Å². The summed E-state index contributed by atoms with van der Waals surface area (Å²) in [6.07, 6.45) is -0.930. The fourth-order valence-electron chi connectivity index (χ4n) is 3.49. The molecule has 1 nitrogen and oxygen atoms in total. The van der Waals surface area contributed by atoms with E-state index in [0.29, 0.717) is 11.3 Å². The molecule has 3 rings (SSSR count). The van der Waals surface area contributed by atoms with Crippen LogP contribution in [0.4, 0.5) is 13.2 Å². The molecule has 1 aliphatic carbocycles. The molecule has 0 heterocycles. The average molecular weight is 415 g/mol. The van der Waals surface area contributed by atoms with Gasteiger partial charge in [-0.05, 0) is 60.9 Å². The Hall–Kier alpha value is -1.23. The lowest BCUT2D eigenvalue weighted by atomic mass is 9.89. The molecule has 0 aromatic heterocycles. The Morgan fingerprint density at radius 3 is 2.36 bits per heavy atom. The van der Waals surface area contributed by atoms with E-state index in [2.05, 4.69) is 22.9 Å². The standard InChI is InChI=1S/C20H22BrF3O/c1-12-3-7-16(8-4-12)25-18-10-6-15-11-14(13(2)21)5-9-17(15)19(18)20(22,23)24/h5-6,9-13,16H,3-4,7-8H2,1-2H3. The number of rotatable bonds is 3. The van der Waals surface area contributed by atoms with Crippen LogP contribution in [-0.2, 0) is 6.18 Å². The van der Waals surface area contributed by atoms with Crippen molar-refractivity contribution in [3.8, 4) is 5.75 Å². The molecule has 1 atom stereocenters. The molecule has 1 saturated carbocycles. The van der Waals surface area contributed by atoms with Crippen molar-refractivity contribution in [2.75, 3.05) is 0 Å². The molecule has 0 amide bonds. The molecule has 1 unspecified atom stereocenters. The Kier molecular flexibility index (Phi) is 5.33. The predicted molar refractivity (Wildman–Crippen MR) is 98.3 cm³/mol. The van der Waals surface area contributed by atoms with E-state index in [9.17, 15) is 13.2 Å². The highest BCUT2D eigenvalue weighted by molar-refractivity contribution is 9.09. The van der Waals surface area contributed by atoms with Crippen LogP contribution in [-0.4, -0.2) is 6.10 Å². The zero-order chi connectivity index (χ0) is 18.2. The molecule has 0 radical (unpaired) electrons. The first-order valence-electron chi connectivity index (χ1n) is 8.70. The highest BCUT2D eigenvalue weighted by Gasteiger charge is 2.37. The topological polar surface area (TPSA) is 9.23 Å². The minimum Gasteiger partial charge on any atom is -0.490 e. The first kappa shape index (κ1) is 18.6. The van der Waals surface area contributed by atoms with Crippen LogP contribution in [0.15, 0.2) is 30.3 Å². The van der Waals surface area contributed by atoms with Crippen LogP contribution in [0.5, 0.6) is 5.75 Å². The smallest absolute Gasteiger partial charge is 0.420 e. The van der Waals surface area contributed by atoms with E-state index in [4.69, 9.17) is 4.74 Å². The van der Waals surface area contributed by atoms with E-state index < -0.39 is 11.7 Å². The third-order valence-corrected chi connectivity index (χ3v) is 5.53. The quantitative estimate of drug-likeness (QED) is 0.479. The number of fused-ring (bicyclic) bond motifs is 1. The zero-order valence-corrected chi connectivity index (χ0v) is 16.0. The fourth-order valence-corrected chi connectivity index (χ4v) is 3.78. The van der Waals surface area contributed by atoms with Gasteiger partial charge in [-0.2, -0.15) is 13.2 Å². The summed E-state index contributed by atoms with van der Waals surface area (Å²) in [6, 6.07) is 8.30. The summed E-state index contributed by atoms with van der Waals surface area (Å²) < 4.78 is 47.1. The van der Waals surface area contributed by atoms with Crippen LogP contribution in [0.25, 0.3) is 10.8 Å².